The highest BCUT2D eigenvalue weighted by atomic mass is 32.2. The van der Waals surface area contributed by atoms with E-state index in [0.29, 0.717) is 5.69 Å². The van der Waals surface area contributed by atoms with Gasteiger partial charge in [-0.05, 0) is 32.0 Å². The van der Waals surface area contributed by atoms with Gasteiger partial charge in [0.2, 0.25) is 5.91 Å². The van der Waals surface area contributed by atoms with Crippen LogP contribution in [0.2, 0.25) is 0 Å². The van der Waals surface area contributed by atoms with Gasteiger partial charge in [-0.3, -0.25) is 4.79 Å². The average Bonchev–Trinajstić information content (AvgIpc) is 2.75. The standard InChI is InChI=1S/C13H18N2O3S/c1-9-10(7-8-14-9)13(16)15-11-5-3-4-6-12(11)19(2,17)18/h3-6,9-10,14H,7-8H2,1-2H3,(H,15,16). The molecule has 2 rings (SSSR count). The first-order valence-electron chi connectivity index (χ1n) is 6.23. The van der Waals surface area contributed by atoms with Gasteiger partial charge in [-0.1, -0.05) is 12.1 Å². The molecule has 2 N–H and O–H groups in total. The second kappa shape index (κ2) is 5.30. The summed E-state index contributed by atoms with van der Waals surface area (Å²) in [6.45, 7) is 2.77. The number of anilines is 1. The van der Waals surface area contributed by atoms with E-state index in [4.69, 9.17) is 0 Å². The van der Waals surface area contributed by atoms with Crippen molar-refractivity contribution >= 4 is 21.4 Å². The number of carbonyl (C=O) groups excluding carboxylic acids is 1. The molecule has 5 nitrogen and oxygen atoms in total. The van der Waals surface area contributed by atoms with E-state index in [0.717, 1.165) is 19.2 Å². The maximum absolute atomic E-state index is 12.2. The van der Waals surface area contributed by atoms with E-state index in [1.807, 2.05) is 6.92 Å². The molecule has 2 unspecified atom stereocenters. The first-order chi connectivity index (χ1) is 8.89. The van der Waals surface area contributed by atoms with E-state index < -0.39 is 9.84 Å². The van der Waals surface area contributed by atoms with Crippen LogP contribution in [0.25, 0.3) is 0 Å². The van der Waals surface area contributed by atoms with Crippen molar-refractivity contribution in [3.05, 3.63) is 24.3 Å². The van der Waals surface area contributed by atoms with Crippen molar-refractivity contribution < 1.29 is 13.2 Å². The lowest BCUT2D eigenvalue weighted by Crippen LogP contribution is -2.32. The van der Waals surface area contributed by atoms with Gasteiger partial charge in [0, 0.05) is 12.3 Å². The summed E-state index contributed by atoms with van der Waals surface area (Å²) in [5, 5.41) is 5.93. The van der Waals surface area contributed by atoms with Gasteiger partial charge in [0.05, 0.1) is 16.5 Å². The van der Waals surface area contributed by atoms with Crippen LogP contribution >= 0.6 is 0 Å². The molecule has 0 radical (unpaired) electrons. The number of nitrogens with one attached hydrogen (secondary N) is 2. The van der Waals surface area contributed by atoms with E-state index in [2.05, 4.69) is 10.6 Å². The van der Waals surface area contributed by atoms with E-state index in [1.165, 1.54) is 6.07 Å². The zero-order valence-corrected chi connectivity index (χ0v) is 11.8. The van der Waals surface area contributed by atoms with Crippen LogP contribution in [-0.4, -0.2) is 33.2 Å². The fourth-order valence-electron chi connectivity index (χ4n) is 2.34. The lowest BCUT2D eigenvalue weighted by atomic mass is 10.0. The van der Waals surface area contributed by atoms with Crippen LogP contribution < -0.4 is 10.6 Å². The van der Waals surface area contributed by atoms with Crippen molar-refractivity contribution in [3.8, 4) is 0 Å². The molecule has 1 aromatic carbocycles. The largest absolute Gasteiger partial charge is 0.325 e. The Hall–Kier alpha value is -1.40. The highest BCUT2D eigenvalue weighted by molar-refractivity contribution is 7.90. The Morgan fingerprint density at radius 3 is 2.63 bits per heavy atom. The lowest BCUT2D eigenvalue weighted by molar-refractivity contribution is -0.120. The smallest absolute Gasteiger partial charge is 0.229 e. The summed E-state index contributed by atoms with van der Waals surface area (Å²) in [4.78, 5) is 12.3. The minimum absolute atomic E-state index is 0.116. The van der Waals surface area contributed by atoms with Gasteiger partial charge in [0.15, 0.2) is 9.84 Å². The number of para-hydroxylation sites is 1. The Bertz CT molecular complexity index is 583. The van der Waals surface area contributed by atoms with Crippen molar-refractivity contribution in [3.63, 3.8) is 0 Å². The second-order valence-corrected chi connectivity index (χ2v) is 6.88. The zero-order valence-electron chi connectivity index (χ0n) is 11.0. The summed E-state index contributed by atoms with van der Waals surface area (Å²) < 4.78 is 23.3. The predicted molar refractivity (Wildman–Crippen MR) is 73.8 cm³/mol. The van der Waals surface area contributed by atoms with Gasteiger partial charge >= 0.3 is 0 Å². The van der Waals surface area contributed by atoms with Gasteiger partial charge in [-0.2, -0.15) is 0 Å². The maximum atomic E-state index is 12.2. The van der Waals surface area contributed by atoms with Crippen molar-refractivity contribution in [2.45, 2.75) is 24.3 Å². The van der Waals surface area contributed by atoms with Crippen molar-refractivity contribution in [2.75, 3.05) is 18.1 Å². The van der Waals surface area contributed by atoms with Gasteiger partial charge in [-0.15, -0.1) is 0 Å². The molecule has 6 heteroatoms. The molecule has 0 bridgehead atoms. The van der Waals surface area contributed by atoms with E-state index in [1.54, 1.807) is 18.2 Å². The van der Waals surface area contributed by atoms with Crippen molar-refractivity contribution in [1.82, 2.24) is 5.32 Å². The minimum Gasteiger partial charge on any atom is -0.325 e. The van der Waals surface area contributed by atoms with Crippen LogP contribution in [0, 0.1) is 5.92 Å². The molecular formula is C13H18N2O3S. The number of carbonyl (C=O) groups is 1. The predicted octanol–water partition coefficient (Wildman–Crippen LogP) is 1.03. The van der Waals surface area contributed by atoms with Crippen LogP contribution in [-0.2, 0) is 14.6 Å². The van der Waals surface area contributed by atoms with Crippen molar-refractivity contribution in [1.29, 1.82) is 0 Å². The minimum atomic E-state index is -3.35. The first-order valence-corrected chi connectivity index (χ1v) is 8.12. The van der Waals surface area contributed by atoms with Gasteiger partial charge in [0.25, 0.3) is 0 Å². The lowest BCUT2D eigenvalue weighted by Gasteiger charge is -2.16. The molecule has 104 valence electrons. The number of sulfone groups is 1. The summed E-state index contributed by atoms with van der Waals surface area (Å²) in [6, 6.07) is 6.58. The molecular weight excluding hydrogens is 264 g/mol. The molecule has 19 heavy (non-hydrogen) atoms. The molecule has 1 aliphatic heterocycles. The summed E-state index contributed by atoms with van der Waals surface area (Å²) in [5.74, 6) is -0.249. The monoisotopic (exact) mass is 282 g/mol. The van der Waals surface area contributed by atoms with Crippen LogP contribution in [0.4, 0.5) is 5.69 Å². The summed E-state index contributed by atoms with van der Waals surface area (Å²) in [7, 11) is -3.35. The fraction of sp³-hybridized carbons (Fsp3) is 0.462. The SMILES string of the molecule is CC1NCCC1C(=O)Nc1ccccc1S(C)(=O)=O. The molecule has 1 fully saturated rings. The molecule has 1 saturated heterocycles. The molecule has 0 aromatic heterocycles. The number of rotatable bonds is 3. The van der Waals surface area contributed by atoms with Crippen LogP contribution in [0.15, 0.2) is 29.2 Å². The number of hydrogen-bond donors (Lipinski definition) is 2. The zero-order chi connectivity index (χ0) is 14.0. The highest BCUT2D eigenvalue weighted by Gasteiger charge is 2.30. The van der Waals surface area contributed by atoms with Gasteiger partial charge in [0.1, 0.15) is 0 Å². The second-order valence-electron chi connectivity index (χ2n) is 4.90. The molecule has 1 aliphatic rings. The average molecular weight is 282 g/mol. The normalized spacial score (nSPS) is 23.3. The number of amides is 1. The summed E-state index contributed by atoms with van der Waals surface area (Å²) >= 11 is 0. The molecule has 0 saturated carbocycles. The number of benzene rings is 1. The fourth-order valence-corrected chi connectivity index (χ4v) is 3.18. The Morgan fingerprint density at radius 1 is 1.37 bits per heavy atom. The van der Waals surface area contributed by atoms with Crippen molar-refractivity contribution in [2.24, 2.45) is 5.92 Å². The third-order valence-electron chi connectivity index (χ3n) is 3.41. The van der Waals surface area contributed by atoms with Gasteiger partial charge < -0.3 is 10.6 Å². The summed E-state index contributed by atoms with van der Waals surface area (Å²) in [6.07, 6.45) is 1.91. The van der Waals surface area contributed by atoms with E-state index in [-0.39, 0.29) is 22.8 Å². The summed E-state index contributed by atoms with van der Waals surface area (Å²) in [5.41, 5.74) is 0.356. The maximum Gasteiger partial charge on any atom is 0.229 e. The number of hydrogen-bond acceptors (Lipinski definition) is 4. The Balaban J connectivity index is 2.22. The van der Waals surface area contributed by atoms with Crippen LogP contribution in [0.5, 0.6) is 0 Å². The Kier molecular flexibility index (Phi) is 3.91. The quantitative estimate of drug-likeness (QED) is 0.868. The van der Waals surface area contributed by atoms with E-state index >= 15 is 0 Å². The van der Waals surface area contributed by atoms with Gasteiger partial charge in [-0.25, -0.2) is 8.42 Å². The third-order valence-corrected chi connectivity index (χ3v) is 4.56. The molecule has 2 atom stereocenters. The molecule has 1 heterocycles. The topological polar surface area (TPSA) is 75.3 Å². The first kappa shape index (κ1) is 14.0. The Morgan fingerprint density at radius 2 is 2.05 bits per heavy atom. The van der Waals surface area contributed by atoms with E-state index in [9.17, 15) is 13.2 Å². The molecule has 0 aliphatic carbocycles. The molecule has 0 spiro atoms. The molecule has 1 aromatic rings. The van der Waals surface area contributed by atoms with Crippen LogP contribution in [0.3, 0.4) is 0 Å². The van der Waals surface area contributed by atoms with Crippen LogP contribution in [0.1, 0.15) is 13.3 Å². The Labute approximate surface area is 113 Å². The molecule has 1 amide bonds. The third kappa shape index (κ3) is 3.13. The highest BCUT2D eigenvalue weighted by Crippen LogP contribution is 2.23.